The SMILES string of the molecule is COc1cnc2c(Nc3cnc(F)c([C@]4(C)CS(=O)(=O)C(C)(C)C(N)=N4)c3)nccc2c1. The van der Waals surface area contributed by atoms with Gasteiger partial charge >= 0.3 is 0 Å². The van der Waals surface area contributed by atoms with Crippen molar-refractivity contribution in [2.45, 2.75) is 31.1 Å². The average molecular weight is 459 g/mol. The van der Waals surface area contributed by atoms with Crippen molar-refractivity contribution in [3.8, 4) is 5.75 Å². The van der Waals surface area contributed by atoms with Crippen LogP contribution >= 0.6 is 0 Å². The summed E-state index contributed by atoms with van der Waals surface area (Å²) in [6.45, 7) is 4.50. The molecule has 9 nitrogen and oxygen atoms in total. The number of nitrogens with zero attached hydrogens (tertiary/aromatic N) is 4. The van der Waals surface area contributed by atoms with E-state index in [9.17, 15) is 12.8 Å². The average Bonchev–Trinajstić information content (AvgIpc) is 2.73. The number of halogens is 1. The van der Waals surface area contributed by atoms with Gasteiger partial charge in [-0.15, -0.1) is 0 Å². The third kappa shape index (κ3) is 3.52. The number of anilines is 2. The maximum Gasteiger partial charge on any atom is 0.218 e. The van der Waals surface area contributed by atoms with E-state index in [0.717, 1.165) is 5.39 Å². The Kier molecular flexibility index (Phi) is 5.04. The minimum absolute atomic E-state index is 0.0133. The van der Waals surface area contributed by atoms with E-state index in [1.165, 1.54) is 33.0 Å². The molecule has 11 heteroatoms. The van der Waals surface area contributed by atoms with Gasteiger partial charge in [-0.3, -0.25) is 4.99 Å². The molecule has 0 spiro atoms. The fraction of sp³-hybridized carbons (Fsp3) is 0.333. The van der Waals surface area contributed by atoms with Crippen molar-refractivity contribution >= 4 is 38.1 Å². The normalized spacial score (nSPS) is 21.7. The standard InChI is InChI=1S/C21H23FN6O3S/c1-20(2)19(23)28-21(3,11-32(20,29)30)15-8-13(9-26-17(15)22)27-18-16-12(5-6-24-18)7-14(31-4)10-25-16/h5-10H,11H2,1-4H3,(H2,23,28)(H,24,27)/t21-/m0/s1. The lowest BCUT2D eigenvalue weighted by molar-refractivity contribution is 0.414. The van der Waals surface area contributed by atoms with E-state index >= 15 is 0 Å². The Morgan fingerprint density at radius 2 is 1.91 bits per heavy atom. The Balaban J connectivity index is 1.77. The summed E-state index contributed by atoms with van der Waals surface area (Å²) in [7, 11) is -2.14. The Morgan fingerprint density at radius 3 is 2.59 bits per heavy atom. The van der Waals surface area contributed by atoms with Crippen LogP contribution in [0.4, 0.5) is 15.9 Å². The van der Waals surface area contributed by atoms with Gasteiger partial charge < -0.3 is 15.8 Å². The number of sulfone groups is 1. The first-order valence-electron chi connectivity index (χ1n) is 9.77. The summed E-state index contributed by atoms with van der Waals surface area (Å²) in [5, 5.41) is 3.88. The first-order valence-corrected chi connectivity index (χ1v) is 11.4. The van der Waals surface area contributed by atoms with Crippen molar-refractivity contribution in [3.63, 3.8) is 0 Å². The van der Waals surface area contributed by atoms with Crippen LogP contribution in [0, 0.1) is 5.95 Å². The summed E-state index contributed by atoms with van der Waals surface area (Å²) in [6.07, 6.45) is 4.46. The molecule has 0 saturated carbocycles. The number of pyridine rings is 3. The maximum atomic E-state index is 14.8. The van der Waals surface area contributed by atoms with Gasteiger partial charge in [0.05, 0.1) is 30.9 Å². The molecular weight excluding hydrogens is 435 g/mol. The molecule has 1 aliphatic rings. The van der Waals surface area contributed by atoms with E-state index in [1.54, 1.807) is 25.6 Å². The van der Waals surface area contributed by atoms with Crippen molar-refractivity contribution in [3.05, 3.63) is 48.3 Å². The number of amidine groups is 1. The van der Waals surface area contributed by atoms with Gasteiger partial charge in [0, 0.05) is 17.1 Å². The van der Waals surface area contributed by atoms with Crippen molar-refractivity contribution in [1.82, 2.24) is 15.0 Å². The smallest absolute Gasteiger partial charge is 0.218 e. The van der Waals surface area contributed by atoms with Crippen LogP contribution in [0.1, 0.15) is 26.3 Å². The van der Waals surface area contributed by atoms with Crippen LogP contribution < -0.4 is 15.8 Å². The lowest BCUT2D eigenvalue weighted by Gasteiger charge is -2.37. The fourth-order valence-corrected chi connectivity index (χ4v) is 5.24. The molecule has 1 atom stereocenters. The van der Waals surface area contributed by atoms with Gasteiger partial charge in [0.15, 0.2) is 15.7 Å². The molecule has 3 N–H and O–H groups in total. The third-order valence-electron chi connectivity index (χ3n) is 5.72. The lowest BCUT2D eigenvalue weighted by Crippen LogP contribution is -2.55. The topological polar surface area (TPSA) is 132 Å². The molecule has 0 radical (unpaired) electrons. The van der Waals surface area contributed by atoms with Crippen LogP contribution in [0.2, 0.25) is 0 Å². The van der Waals surface area contributed by atoms with Crippen LogP contribution in [0.3, 0.4) is 0 Å². The van der Waals surface area contributed by atoms with Gasteiger partial charge in [0.2, 0.25) is 5.95 Å². The van der Waals surface area contributed by atoms with Crippen molar-refractivity contribution < 1.29 is 17.5 Å². The van der Waals surface area contributed by atoms with Crippen LogP contribution in [-0.2, 0) is 15.4 Å². The highest BCUT2D eigenvalue weighted by Crippen LogP contribution is 2.38. The number of rotatable bonds is 4. The molecule has 0 unspecified atom stereocenters. The predicted octanol–water partition coefficient (Wildman–Crippen LogP) is 2.70. The molecule has 0 fully saturated rings. The molecule has 0 amide bonds. The first kappa shape index (κ1) is 21.9. The fourth-order valence-electron chi connectivity index (χ4n) is 3.55. The van der Waals surface area contributed by atoms with Gasteiger partial charge in [-0.05, 0) is 39.0 Å². The Morgan fingerprint density at radius 1 is 1.16 bits per heavy atom. The van der Waals surface area contributed by atoms with Gasteiger partial charge in [0.25, 0.3) is 0 Å². The molecular formula is C21H23FN6O3S. The highest BCUT2D eigenvalue weighted by atomic mass is 32.2. The third-order valence-corrected chi connectivity index (χ3v) is 8.43. The number of hydrogen-bond donors (Lipinski definition) is 2. The molecule has 4 heterocycles. The van der Waals surface area contributed by atoms with Gasteiger partial charge in [-0.25, -0.2) is 23.4 Å². The molecule has 0 aliphatic carbocycles. The number of fused-ring (bicyclic) bond motifs is 1. The Hall–Kier alpha value is -3.34. The van der Waals surface area contributed by atoms with E-state index in [2.05, 4.69) is 25.3 Å². The summed E-state index contributed by atoms with van der Waals surface area (Å²) in [5.74, 6) is -0.264. The van der Waals surface area contributed by atoms with E-state index in [4.69, 9.17) is 10.5 Å². The Bertz CT molecular complexity index is 1360. The van der Waals surface area contributed by atoms with Gasteiger partial charge in [0.1, 0.15) is 27.4 Å². The molecule has 3 aromatic heterocycles. The van der Waals surface area contributed by atoms with Crippen molar-refractivity contribution in [1.29, 1.82) is 0 Å². The van der Waals surface area contributed by atoms with Crippen LogP contribution in [-0.4, -0.2) is 46.8 Å². The number of nitrogens with two attached hydrogens (primary N) is 1. The zero-order valence-electron chi connectivity index (χ0n) is 18.0. The second-order valence-corrected chi connectivity index (χ2v) is 10.9. The molecule has 32 heavy (non-hydrogen) atoms. The van der Waals surface area contributed by atoms with Gasteiger partial charge in [-0.2, -0.15) is 4.39 Å². The predicted molar refractivity (Wildman–Crippen MR) is 120 cm³/mol. The number of aliphatic imine (C=N–C) groups is 1. The highest BCUT2D eigenvalue weighted by Gasteiger charge is 2.49. The quantitative estimate of drug-likeness (QED) is 0.570. The number of methoxy groups -OCH3 is 1. The van der Waals surface area contributed by atoms with Gasteiger partial charge in [-0.1, -0.05) is 0 Å². The van der Waals surface area contributed by atoms with Crippen molar-refractivity contribution in [2.75, 3.05) is 18.2 Å². The summed E-state index contributed by atoms with van der Waals surface area (Å²) < 4.78 is 44.3. The molecule has 4 rings (SSSR count). The summed E-state index contributed by atoms with van der Waals surface area (Å²) >= 11 is 0. The number of aromatic nitrogens is 3. The van der Waals surface area contributed by atoms with E-state index in [-0.39, 0.29) is 11.4 Å². The molecule has 168 valence electrons. The van der Waals surface area contributed by atoms with E-state index < -0.39 is 31.8 Å². The molecule has 0 saturated heterocycles. The largest absolute Gasteiger partial charge is 0.495 e. The Labute approximate surface area is 184 Å². The summed E-state index contributed by atoms with van der Waals surface area (Å²) in [6, 6.07) is 5.07. The monoisotopic (exact) mass is 458 g/mol. The maximum absolute atomic E-state index is 14.8. The second kappa shape index (κ2) is 7.37. The van der Waals surface area contributed by atoms with E-state index in [0.29, 0.717) is 22.8 Å². The summed E-state index contributed by atoms with van der Waals surface area (Å²) in [4.78, 5) is 16.9. The number of ether oxygens (including phenoxy) is 1. The van der Waals surface area contributed by atoms with Crippen LogP contribution in [0.15, 0.2) is 41.8 Å². The molecule has 0 aromatic carbocycles. The minimum Gasteiger partial charge on any atom is -0.495 e. The molecule has 1 aliphatic heterocycles. The summed E-state index contributed by atoms with van der Waals surface area (Å²) in [5.41, 5.74) is 5.55. The first-order chi connectivity index (χ1) is 15.0. The molecule has 0 bridgehead atoms. The van der Waals surface area contributed by atoms with Crippen LogP contribution in [0.25, 0.3) is 10.9 Å². The van der Waals surface area contributed by atoms with Crippen molar-refractivity contribution in [2.24, 2.45) is 10.7 Å². The van der Waals surface area contributed by atoms with Crippen LogP contribution in [0.5, 0.6) is 5.75 Å². The minimum atomic E-state index is -3.69. The zero-order valence-corrected chi connectivity index (χ0v) is 18.9. The van der Waals surface area contributed by atoms with E-state index in [1.807, 2.05) is 6.07 Å². The number of hydrogen-bond acceptors (Lipinski definition) is 9. The lowest BCUT2D eigenvalue weighted by atomic mass is 9.94. The molecule has 3 aromatic rings. The number of nitrogens with one attached hydrogen (secondary N) is 1. The zero-order chi connectivity index (χ0) is 23.3. The highest BCUT2D eigenvalue weighted by molar-refractivity contribution is 7.93. The second-order valence-electron chi connectivity index (χ2n) is 8.33.